The van der Waals surface area contributed by atoms with Gasteiger partial charge in [0.1, 0.15) is 23.5 Å². The first-order valence-corrected chi connectivity index (χ1v) is 11.7. The molecule has 1 aliphatic heterocycles. The fraction of sp³-hybridized carbons (Fsp3) is 0.522. The minimum Gasteiger partial charge on any atom is -0.459 e. The highest BCUT2D eigenvalue weighted by molar-refractivity contribution is 6.35. The molecule has 2 N–H and O–H groups in total. The zero-order valence-corrected chi connectivity index (χ0v) is 19.5. The van der Waals surface area contributed by atoms with Gasteiger partial charge in [0.25, 0.3) is 0 Å². The number of nitrogens with zero attached hydrogens (tertiary/aromatic N) is 4. The van der Waals surface area contributed by atoms with Crippen molar-refractivity contribution in [1.82, 2.24) is 25.0 Å². The van der Waals surface area contributed by atoms with Gasteiger partial charge in [0.15, 0.2) is 0 Å². The molecule has 1 fully saturated rings. The minimum absolute atomic E-state index is 0.193. The molecule has 0 unspecified atom stereocenters. The van der Waals surface area contributed by atoms with Crippen LogP contribution in [0.3, 0.4) is 0 Å². The van der Waals surface area contributed by atoms with E-state index in [1.165, 1.54) is 6.42 Å². The van der Waals surface area contributed by atoms with Crippen LogP contribution in [0.1, 0.15) is 69.1 Å². The minimum atomic E-state index is -0.423. The smallest absolute Gasteiger partial charge is 0.319 e. The van der Waals surface area contributed by atoms with E-state index in [-0.39, 0.29) is 6.03 Å². The van der Waals surface area contributed by atoms with Crippen LogP contribution in [0.2, 0.25) is 5.02 Å². The van der Waals surface area contributed by atoms with Gasteiger partial charge in [0, 0.05) is 17.0 Å². The second-order valence-electron chi connectivity index (χ2n) is 9.38. The van der Waals surface area contributed by atoms with Crippen LogP contribution in [0.15, 0.2) is 22.9 Å². The van der Waals surface area contributed by atoms with Crippen LogP contribution < -0.4 is 10.6 Å². The Hall–Kier alpha value is -2.58. The number of fused-ring (bicyclic) bond motifs is 4. The van der Waals surface area contributed by atoms with Crippen LogP contribution in [0.5, 0.6) is 0 Å². The molecule has 0 radical (unpaired) electrons. The van der Waals surface area contributed by atoms with Gasteiger partial charge in [-0.3, -0.25) is 4.90 Å². The molecule has 9 heteroatoms. The van der Waals surface area contributed by atoms with Crippen LogP contribution in [-0.4, -0.2) is 32.7 Å². The number of urea groups is 1. The molecule has 0 bridgehead atoms. The lowest BCUT2D eigenvalue weighted by Crippen LogP contribution is -2.52. The van der Waals surface area contributed by atoms with Gasteiger partial charge in [-0.25, -0.2) is 4.79 Å². The lowest BCUT2D eigenvalue weighted by atomic mass is 9.74. The third-order valence-corrected chi connectivity index (χ3v) is 6.93. The fourth-order valence-corrected chi connectivity index (χ4v) is 5.45. The topological polar surface area (TPSA) is 88.2 Å². The van der Waals surface area contributed by atoms with Crippen LogP contribution in [-0.2, 0) is 18.6 Å². The summed E-state index contributed by atoms with van der Waals surface area (Å²) < 4.78 is 8.49. The average Bonchev–Trinajstić information content (AvgIpc) is 3.35. The van der Waals surface area contributed by atoms with E-state index < -0.39 is 5.54 Å². The summed E-state index contributed by atoms with van der Waals surface area (Å²) in [7, 11) is 2.04. The lowest BCUT2D eigenvalue weighted by molar-refractivity contribution is 0.208. The van der Waals surface area contributed by atoms with Crippen molar-refractivity contribution in [3.63, 3.8) is 0 Å². The molecule has 1 spiro atoms. The first kappa shape index (κ1) is 21.3. The number of furan rings is 1. The lowest BCUT2D eigenvalue weighted by Gasteiger charge is -2.42. The Labute approximate surface area is 192 Å². The molecule has 3 heterocycles. The van der Waals surface area contributed by atoms with Crippen molar-refractivity contribution in [3.8, 4) is 0 Å². The standard InChI is InChI=1S/C23H29ClN6O2/c1-14(2)30-13-25-28-18(30)12-29(3)11-16-9-15-10-17(24)20-19(21(15)32-16)23(27-22(31)26-20)7-5-4-6-8-23/h9-10,13-14H,4-8,11-12H2,1-3H3,(H2,26,27,31). The molecule has 2 aliphatic rings. The van der Waals surface area contributed by atoms with Crippen LogP contribution >= 0.6 is 11.6 Å². The number of carbonyl (C=O) groups is 1. The predicted molar refractivity (Wildman–Crippen MR) is 124 cm³/mol. The van der Waals surface area contributed by atoms with E-state index in [9.17, 15) is 4.79 Å². The SMILES string of the molecule is CC(C)n1cnnc1CN(C)Cc1cc2cc(Cl)c3c(c2o1)C1(CCCCC1)NC(=O)N3. The van der Waals surface area contributed by atoms with E-state index in [1.54, 1.807) is 6.33 Å². The molecule has 32 heavy (non-hydrogen) atoms. The van der Waals surface area contributed by atoms with E-state index in [4.69, 9.17) is 16.0 Å². The Morgan fingerprint density at radius 2 is 2.03 bits per heavy atom. The zero-order chi connectivity index (χ0) is 22.5. The summed E-state index contributed by atoms with van der Waals surface area (Å²) in [6.45, 7) is 5.52. The molecule has 5 rings (SSSR count). The molecule has 1 saturated carbocycles. The van der Waals surface area contributed by atoms with Crippen molar-refractivity contribution in [1.29, 1.82) is 0 Å². The number of hydrogen-bond acceptors (Lipinski definition) is 5. The Bertz CT molecular complexity index is 1160. The maximum Gasteiger partial charge on any atom is 0.319 e. The Balaban J connectivity index is 1.49. The summed E-state index contributed by atoms with van der Waals surface area (Å²) in [6, 6.07) is 4.06. The third-order valence-electron chi connectivity index (χ3n) is 6.63. The van der Waals surface area contributed by atoms with Gasteiger partial charge in [-0.05, 0) is 45.9 Å². The summed E-state index contributed by atoms with van der Waals surface area (Å²) in [4.78, 5) is 14.6. The number of nitrogens with one attached hydrogen (secondary N) is 2. The van der Waals surface area contributed by atoms with Crippen LogP contribution in [0.4, 0.5) is 10.5 Å². The normalized spacial score (nSPS) is 17.8. The number of rotatable bonds is 5. The molecule has 0 saturated heterocycles. The highest BCUT2D eigenvalue weighted by Crippen LogP contribution is 2.49. The number of benzene rings is 1. The van der Waals surface area contributed by atoms with Gasteiger partial charge in [0.2, 0.25) is 0 Å². The zero-order valence-electron chi connectivity index (χ0n) is 18.7. The molecule has 2 amide bonds. The highest BCUT2D eigenvalue weighted by Gasteiger charge is 2.43. The molecule has 170 valence electrons. The largest absolute Gasteiger partial charge is 0.459 e. The van der Waals surface area contributed by atoms with Gasteiger partial charge in [0.05, 0.1) is 29.3 Å². The highest BCUT2D eigenvalue weighted by atomic mass is 35.5. The number of aromatic nitrogens is 3. The number of anilines is 1. The van der Waals surface area contributed by atoms with E-state index in [2.05, 4.69) is 50.2 Å². The molecule has 1 aromatic carbocycles. The molecular formula is C23H29ClN6O2. The molecule has 1 aliphatic carbocycles. The third kappa shape index (κ3) is 3.65. The Kier molecular flexibility index (Phi) is 5.37. The van der Waals surface area contributed by atoms with Crippen molar-refractivity contribution in [2.75, 3.05) is 12.4 Å². The van der Waals surface area contributed by atoms with E-state index in [0.29, 0.717) is 29.8 Å². The van der Waals surface area contributed by atoms with Crippen molar-refractivity contribution < 1.29 is 9.21 Å². The van der Waals surface area contributed by atoms with Crippen LogP contribution in [0, 0.1) is 0 Å². The molecule has 2 aromatic heterocycles. The van der Waals surface area contributed by atoms with E-state index >= 15 is 0 Å². The summed E-state index contributed by atoms with van der Waals surface area (Å²) >= 11 is 6.63. The van der Waals surface area contributed by atoms with Gasteiger partial charge < -0.3 is 19.6 Å². The molecule has 3 aromatic rings. The first-order chi connectivity index (χ1) is 15.4. The number of amides is 2. The van der Waals surface area contributed by atoms with Gasteiger partial charge in [-0.15, -0.1) is 10.2 Å². The van der Waals surface area contributed by atoms with Crippen molar-refractivity contribution >= 4 is 34.3 Å². The number of halogens is 1. The monoisotopic (exact) mass is 456 g/mol. The van der Waals surface area contributed by atoms with Crippen molar-refractivity contribution in [3.05, 3.63) is 40.6 Å². The summed E-state index contributed by atoms with van der Waals surface area (Å²) in [6.07, 6.45) is 6.88. The molecule has 0 atom stereocenters. The quantitative estimate of drug-likeness (QED) is 0.551. The van der Waals surface area contributed by atoms with Gasteiger partial charge in [-0.1, -0.05) is 30.9 Å². The van der Waals surface area contributed by atoms with E-state index in [0.717, 1.165) is 53.8 Å². The van der Waals surface area contributed by atoms with E-state index in [1.807, 2.05) is 13.1 Å². The molecular weight excluding hydrogens is 428 g/mol. The Morgan fingerprint density at radius 1 is 1.25 bits per heavy atom. The number of hydrogen-bond donors (Lipinski definition) is 2. The Morgan fingerprint density at radius 3 is 2.78 bits per heavy atom. The first-order valence-electron chi connectivity index (χ1n) is 11.3. The van der Waals surface area contributed by atoms with Crippen molar-refractivity contribution in [2.24, 2.45) is 0 Å². The number of carbonyl (C=O) groups excluding carboxylic acids is 1. The summed E-state index contributed by atoms with van der Waals surface area (Å²) in [5.41, 5.74) is 2.07. The van der Waals surface area contributed by atoms with Gasteiger partial charge in [-0.2, -0.15) is 0 Å². The second-order valence-corrected chi connectivity index (χ2v) is 9.79. The maximum absolute atomic E-state index is 12.4. The van der Waals surface area contributed by atoms with Crippen LogP contribution in [0.25, 0.3) is 11.0 Å². The van der Waals surface area contributed by atoms with Gasteiger partial charge >= 0.3 is 6.03 Å². The summed E-state index contributed by atoms with van der Waals surface area (Å²) in [5.74, 6) is 1.78. The van der Waals surface area contributed by atoms with Crippen molar-refractivity contribution in [2.45, 2.75) is 70.6 Å². The average molecular weight is 457 g/mol. The predicted octanol–water partition coefficient (Wildman–Crippen LogP) is 5.19. The summed E-state index contributed by atoms with van der Waals surface area (Å²) in [5, 5.41) is 16.0. The molecule has 8 nitrogen and oxygen atoms in total. The maximum atomic E-state index is 12.4. The second kappa shape index (κ2) is 8.08. The fourth-order valence-electron chi connectivity index (χ4n) is 5.19.